The van der Waals surface area contributed by atoms with Gasteiger partial charge in [-0.1, -0.05) is 55.0 Å². The lowest BCUT2D eigenvalue weighted by Crippen LogP contribution is -2.45. The molecule has 0 radical (unpaired) electrons. The van der Waals surface area contributed by atoms with Gasteiger partial charge in [0, 0.05) is 5.92 Å². The van der Waals surface area contributed by atoms with Gasteiger partial charge >= 0.3 is 5.97 Å². The summed E-state index contributed by atoms with van der Waals surface area (Å²) in [5, 5.41) is 9.51. The van der Waals surface area contributed by atoms with Crippen molar-refractivity contribution in [3.8, 4) is 0 Å². The maximum absolute atomic E-state index is 11.6. The number of carboxylic acids is 1. The van der Waals surface area contributed by atoms with Crippen molar-refractivity contribution in [1.82, 2.24) is 4.90 Å². The van der Waals surface area contributed by atoms with Crippen LogP contribution in [0.3, 0.4) is 0 Å². The highest BCUT2D eigenvalue weighted by Gasteiger charge is 2.29. The number of nitrogens with zero attached hydrogens (tertiary/aromatic N) is 1. The Bertz CT molecular complexity index is 753. The third-order valence-electron chi connectivity index (χ3n) is 6.36. The molecule has 27 heavy (non-hydrogen) atoms. The number of piperidine rings is 1. The number of fused-ring (bicyclic) bond motifs is 2. The van der Waals surface area contributed by atoms with E-state index in [0.29, 0.717) is 5.92 Å². The molecule has 0 amide bonds. The summed E-state index contributed by atoms with van der Waals surface area (Å²) >= 11 is 0. The molecular weight excluding hydrogens is 334 g/mol. The van der Waals surface area contributed by atoms with Gasteiger partial charge in [-0.2, -0.15) is 0 Å². The first-order chi connectivity index (χ1) is 13.2. The molecule has 3 heteroatoms. The Balaban J connectivity index is 1.52. The van der Waals surface area contributed by atoms with E-state index in [1.54, 1.807) is 0 Å². The van der Waals surface area contributed by atoms with Gasteiger partial charge in [-0.15, -0.1) is 0 Å². The van der Waals surface area contributed by atoms with Crippen LogP contribution < -0.4 is 0 Å². The summed E-state index contributed by atoms with van der Waals surface area (Å²) in [6.07, 6.45) is 7.29. The molecule has 2 aromatic carbocycles. The van der Waals surface area contributed by atoms with Crippen LogP contribution in [0.5, 0.6) is 0 Å². The fourth-order valence-corrected chi connectivity index (χ4v) is 4.99. The number of benzene rings is 2. The second-order valence-corrected chi connectivity index (χ2v) is 7.98. The molecule has 1 saturated heterocycles. The zero-order valence-electron chi connectivity index (χ0n) is 15.9. The second-order valence-electron chi connectivity index (χ2n) is 7.98. The summed E-state index contributed by atoms with van der Waals surface area (Å²) in [6.45, 7) is 1.81. The van der Waals surface area contributed by atoms with E-state index in [0.717, 1.165) is 58.0 Å². The van der Waals surface area contributed by atoms with Gasteiger partial charge in [0.1, 0.15) is 6.04 Å². The van der Waals surface area contributed by atoms with Crippen LogP contribution in [0.25, 0.3) is 0 Å². The number of likely N-dealkylation sites (tertiary alicyclic amines) is 1. The molecule has 0 spiro atoms. The molecule has 0 bridgehead atoms. The average molecular weight is 364 g/mol. The maximum atomic E-state index is 11.6. The lowest BCUT2D eigenvalue weighted by atomic mass is 9.84. The van der Waals surface area contributed by atoms with Crippen LogP contribution in [0, 0.1) is 0 Å². The predicted octanol–water partition coefficient (Wildman–Crippen LogP) is 4.64. The van der Waals surface area contributed by atoms with Crippen LogP contribution in [0.2, 0.25) is 0 Å². The van der Waals surface area contributed by atoms with E-state index in [2.05, 4.69) is 53.4 Å². The van der Waals surface area contributed by atoms with Crippen molar-refractivity contribution in [3.63, 3.8) is 0 Å². The molecule has 1 N–H and O–H groups in total. The zero-order chi connectivity index (χ0) is 18.6. The summed E-state index contributed by atoms with van der Waals surface area (Å²) in [5.74, 6) is -0.229. The number of carboxylic acid groups (broad SMARTS) is 1. The molecule has 0 aromatic heterocycles. The van der Waals surface area contributed by atoms with Gasteiger partial charge < -0.3 is 5.11 Å². The standard InChI is InChI=1S/C24H29NO2/c26-24(27)23-13-5-6-16-25(23)17-7-12-22-20-10-3-1-8-18(20)14-15-19-9-2-4-11-21(19)22/h1-4,8-11,22-23H,5-7,12-17H2,(H,26,27). The first kappa shape index (κ1) is 18.2. The maximum Gasteiger partial charge on any atom is 0.320 e. The fourth-order valence-electron chi connectivity index (χ4n) is 4.99. The highest BCUT2D eigenvalue weighted by Crippen LogP contribution is 2.37. The molecular formula is C24H29NO2. The molecule has 1 unspecified atom stereocenters. The first-order valence-corrected chi connectivity index (χ1v) is 10.4. The van der Waals surface area contributed by atoms with E-state index in [4.69, 9.17) is 0 Å². The summed E-state index contributed by atoms with van der Waals surface area (Å²) in [6, 6.07) is 17.5. The van der Waals surface area contributed by atoms with E-state index in [-0.39, 0.29) is 6.04 Å². The van der Waals surface area contributed by atoms with Gasteiger partial charge in [0.25, 0.3) is 0 Å². The van der Waals surface area contributed by atoms with Crippen molar-refractivity contribution < 1.29 is 9.90 Å². The summed E-state index contributed by atoms with van der Waals surface area (Å²) in [5.41, 5.74) is 5.88. The number of carbonyl (C=O) groups is 1. The third-order valence-corrected chi connectivity index (χ3v) is 6.36. The Morgan fingerprint density at radius 2 is 1.59 bits per heavy atom. The van der Waals surface area contributed by atoms with Gasteiger partial charge in [0.05, 0.1) is 0 Å². The zero-order valence-corrected chi connectivity index (χ0v) is 15.9. The minimum absolute atomic E-state index is 0.285. The van der Waals surface area contributed by atoms with Gasteiger partial charge in [-0.3, -0.25) is 9.69 Å². The van der Waals surface area contributed by atoms with Crippen LogP contribution >= 0.6 is 0 Å². The van der Waals surface area contributed by atoms with Crippen molar-refractivity contribution in [2.75, 3.05) is 13.1 Å². The number of rotatable bonds is 5. The average Bonchev–Trinajstić information content (AvgIpc) is 2.86. The van der Waals surface area contributed by atoms with Crippen molar-refractivity contribution in [3.05, 3.63) is 70.8 Å². The number of aliphatic carboxylic acids is 1. The van der Waals surface area contributed by atoms with Crippen molar-refractivity contribution >= 4 is 5.97 Å². The third kappa shape index (κ3) is 3.93. The van der Waals surface area contributed by atoms with E-state index in [9.17, 15) is 9.90 Å². The molecule has 1 aliphatic carbocycles. The number of hydrogen-bond acceptors (Lipinski definition) is 2. The molecule has 4 rings (SSSR count). The van der Waals surface area contributed by atoms with E-state index >= 15 is 0 Å². The Labute approximate surface area is 162 Å². The molecule has 1 aliphatic heterocycles. The molecule has 142 valence electrons. The monoisotopic (exact) mass is 363 g/mol. The van der Waals surface area contributed by atoms with Crippen LogP contribution in [0.15, 0.2) is 48.5 Å². The lowest BCUT2D eigenvalue weighted by molar-refractivity contribution is -0.144. The topological polar surface area (TPSA) is 40.5 Å². The SMILES string of the molecule is O=C(O)C1CCCCN1CCCC1c2ccccc2CCc2ccccc21. The molecule has 1 atom stereocenters. The number of aryl methyl sites for hydroxylation is 2. The van der Waals surface area contributed by atoms with E-state index in [1.807, 2.05) is 0 Å². The lowest BCUT2D eigenvalue weighted by Gasteiger charge is -2.33. The molecule has 2 aliphatic rings. The van der Waals surface area contributed by atoms with Gasteiger partial charge in [0.15, 0.2) is 0 Å². The normalized spacial score (nSPS) is 20.5. The van der Waals surface area contributed by atoms with Crippen molar-refractivity contribution in [2.24, 2.45) is 0 Å². The Morgan fingerprint density at radius 1 is 0.963 bits per heavy atom. The molecule has 0 saturated carbocycles. The van der Waals surface area contributed by atoms with E-state index in [1.165, 1.54) is 22.3 Å². The number of hydrogen-bond donors (Lipinski definition) is 1. The second kappa shape index (κ2) is 8.26. The predicted molar refractivity (Wildman–Crippen MR) is 108 cm³/mol. The van der Waals surface area contributed by atoms with Gasteiger partial charge in [-0.25, -0.2) is 0 Å². The van der Waals surface area contributed by atoms with Crippen LogP contribution in [0.1, 0.15) is 60.3 Å². The van der Waals surface area contributed by atoms with Crippen molar-refractivity contribution in [1.29, 1.82) is 0 Å². The Morgan fingerprint density at radius 3 is 2.22 bits per heavy atom. The Kier molecular flexibility index (Phi) is 5.58. The minimum atomic E-state index is -0.653. The highest BCUT2D eigenvalue weighted by molar-refractivity contribution is 5.73. The van der Waals surface area contributed by atoms with Crippen molar-refractivity contribution in [2.45, 2.75) is 56.9 Å². The largest absolute Gasteiger partial charge is 0.480 e. The summed E-state index contributed by atoms with van der Waals surface area (Å²) in [4.78, 5) is 13.8. The van der Waals surface area contributed by atoms with Crippen LogP contribution in [0.4, 0.5) is 0 Å². The smallest absolute Gasteiger partial charge is 0.320 e. The summed E-state index contributed by atoms with van der Waals surface area (Å²) < 4.78 is 0. The summed E-state index contributed by atoms with van der Waals surface area (Å²) in [7, 11) is 0. The Hall–Kier alpha value is -2.13. The van der Waals surface area contributed by atoms with Gasteiger partial charge in [-0.05, 0) is 73.9 Å². The minimum Gasteiger partial charge on any atom is -0.480 e. The molecule has 1 fully saturated rings. The molecule has 3 nitrogen and oxygen atoms in total. The van der Waals surface area contributed by atoms with Crippen LogP contribution in [-0.2, 0) is 17.6 Å². The highest BCUT2D eigenvalue weighted by atomic mass is 16.4. The quantitative estimate of drug-likeness (QED) is 0.841. The van der Waals surface area contributed by atoms with Crippen LogP contribution in [-0.4, -0.2) is 35.1 Å². The fraction of sp³-hybridized carbons (Fsp3) is 0.458. The first-order valence-electron chi connectivity index (χ1n) is 10.4. The van der Waals surface area contributed by atoms with Gasteiger partial charge in [0.2, 0.25) is 0 Å². The molecule has 2 aromatic rings. The molecule has 1 heterocycles. The van der Waals surface area contributed by atoms with E-state index < -0.39 is 5.97 Å².